The van der Waals surface area contributed by atoms with Gasteiger partial charge in [-0.3, -0.25) is 4.98 Å². The Morgan fingerprint density at radius 2 is 2.17 bits per heavy atom. The largest absolute Gasteiger partial charge is 0.380 e. The second kappa shape index (κ2) is 8.70. The highest BCUT2D eigenvalue weighted by Gasteiger charge is 2.32. The molecule has 1 saturated heterocycles. The molecule has 0 spiro atoms. The summed E-state index contributed by atoms with van der Waals surface area (Å²) in [6.45, 7) is 5.72. The summed E-state index contributed by atoms with van der Waals surface area (Å²) in [5, 5.41) is 0. The molecule has 2 unspecified atom stereocenters. The second-order valence-corrected chi connectivity index (χ2v) is 7.05. The summed E-state index contributed by atoms with van der Waals surface area (Å²) >= 11 is 0. The van der Waals surface area contributed by atoms with Crippen molar-refractivity contribution in [1.29, 1.82) is 0 Å². The summed E-state index contributed by atoms with van der Waals surface area (Å²) in [7, 11) is -3.53. The molecule has 0 radical (unpaired) electrons. The minimum Gasteiger partial charge on any atom is -0.380 e. The van der Waals surface area contributed by atoms with E-state index in [1.54, 1.807) is 6.20 Å². The Balaban J connectivity index is 1.98. The van der Waals surface area contributed by atoms with Crippen LogP contribution in [0, 0.1) is 0 Å². The van der Waals surface area contributed by atoms with Crippen LogP contribution in [0.25, 0.3) is 0 Å². The van der Waals surface area contributed by atoms with Crippen molar-refractivity contribution >= 4 is 10.2 Å². The lowest BCUT2D eigenvalue weighted by molar-refractivity contribution is -0.0582. The lowest BCUT2D eigenvalue weighted by Gasteiger charge is -2.33. The molecule has 1 aromatic rings. The van der Waals surface area contributed by atoms with E-state index in [4.69, 9.17) is 9.47 Å². The maximum atomic E-state index is 12.4. The van der Waals surface area contributed by atoms with Crippen molar-refractivity contribution in [3.05, 3.63) is 30.1 Å². The monoisotopic (exact) mass is 343 g/mol. The van der Waals surface area contributed by atoms with Gasteiger partial charge in [-0.1, -0.05) is 19.9 Å². The summed E-state index contributed by atoms with van der Waals surface area (Å²) < 4.78 is 40.1. The highest BCUT2D eigenvalue weighted by molar-refractivity contribution is 7.87. The molecule has 1 N–H and O–H groups in total. The van der Waals surface area contributed by atoms with Crippen LogP contribution >= 0.6 is 0 Å². The zero-order valence-electron chi connectivity index (χ0n) is 13.6. The quantitative estimate of drug-likeness (QED) is 0.759. The van der Waals surface area contributed by atoms with Crippen LogP contribution in [0.4, 0.5) is 0 Å². The molecule has 1 fully saturated rings. The van der Waals surface area contributed by atoms with Crippen molar-refractivity contribution in [2.75, 3.05) is 26.3 Å². The summed E-state index contributed by atoms with van der Waals surface area (Å²) in [4.78, 5) is 4.21. The number of hydrogen-bond donors (Lipinski definition) is 1. The fourth-order valence-electron chi connectivity index (χ4n) is 2.53. The second-order valence-electron chi connectivity index (χ2n) is 5.35. The molecule has 0 aliphatic carbocycles. The number of nitrogens with zero attached hydrogens (tertiary/aromatic N) is 2. The van der Waals surface area contributed by atoms with Crippen molar-refractivity contribution in [2.45, 2.75) is 39.0 Å². The van der Waals surface area contributed by atoms with Crippen molar-refractivity contribution in [3.63, 3.8) is 0 Å². The van der Waals surface area contributed by atoms with Crippen LogP contribution < -0.4 is 4.72 Å². The first kappa shape index (κ1) is 18.3. The van der Waals surface area contributed by atoms with Gasteiger partial charge in [-0.05, 0) is 18.6 Å². The van der Waals surface area contributed by atoms with Crippen molar-refractivity contribution in [3.8, 4) is 0 Å². The van der Waals surface area contributed by atoms with E-state index < -0.39 is 16.3 Å². The van der Waals surface area contributed by atoms with E-state index in [2.05, 4.69) is 9.71 Å². The molecule has 0 bridgehead atoms. The molecule has 2 heterocycles. The van der Waals surface area contributed by atoms with Crippen molar-refractivity contribution in [1.82, 2.24) is 14.0 Å². The summed E-state index contributed by atoms with van der Waals surface area (Å²) in [5.41, 5.74) is 0.823. The number of nitrogens with one attached hydrogen (secondary N) is 1. The third-order valence-corrected chi connectivity index (χ3v) is 5.61. The van der Waals surface area contributed by atoms with E-state index >= 15 is 0 Å². The molecule has 8 heteroatoms. The predicted molar refractivity (Wildman–Crippen MR) is 87.0 cm³/mol. The van der Waals surface area contributed by atoms with Crippen LogP contribution in [0.3, 0.4) is 0 Å². The molecular formula is C15H25N3O4S. The van der Waals surface area contributed by atoms with Gasteiger partial charge in [0.05, 0.1) is 31.1 Å². The normalized spacial score (nSPS) is 22.4. The van der Waals surface area contributed by atoms with Gasteiger partial charge in [-0.15, -0.1) is 0 Å². The number of aromatic nitrogens is 1. The molecule has 2 atom stereocenters. The molecule has 1 aromatic heterocycles. The maximum Gasteiger partial charge on any atom is 0.279 e. The average Bonchev–Trinajstić information content (AvgIpc) is 2.55. The van der Waals surface area contributed by atoms with Gasteiger partial charge in [0, 0.05) is 25.9 Å². The molecule has 0 amide bonds. The zero-order chi connectivity index (χ0) is 16.7. The molecule has 23 heavy (non-hydrogen) atoms. The van der Waals surface area contributed by atoms with E-state index in [0.29, 0.717) is 39.3 Å². The zero-order valence-corrected chi connectivity index (χ0v) is 14.5. The number of hydrogen-bond acceptors (Lipinski definition) is 5. The average molecular weight is 343 g/mol. The van der Waals surface area contributed by atoms with Gasteiger partial charge in [0.15, 0.2) is 0 Å². The molecule has 130 valence electrons. The van der Waals surface area contributed by atoms with Crippen LogP contribution in [-0.2, 0) is 26.3 Å². The fourth-order valence-corrected chi connectivity index (χ4v) is 3.96. The van der Waals surface area contributed by atoms with Gasteiger partial charge >= 0.3 is 0 Å². The number of rotatable bonds is 8. The van der Waals surface area contributed by atoms with Crippen LogP contribution in [0.1, 0.15) is 26.0 Å². The minimum atomic E-state index is -3.53. The molecule has 1 aliphatic heterocycles. The molecule has 1 aliphatic rings. The Hall–Kier alpha value is -1.06. The topological polar surface area (TPSA) is 80.8 Å². The summed E-state index contributed by atoms with van der Waals surface area (Å²) in [6, 6.07) is 5.24. The van der Waals surface area contributed by atoms with E-state index in [-0.39, 0.29) is 6.10 Å². The van der Waals surface area contributed by atoms with Gasteiger partial charge in [0.2, 0.25) is 0 Å². The Morgan fingerprint density at radius 3 is 2.83 bits per heavy atom. The SMILES string of the molecule is CCN(CC)S(=O)(=O)NC1COCCC1OCc1ccccn1. The highest BCUT2D eigenvalue weighted by atomic mass is 32.2. The van der Waals surface area contributed by atoms with E-state index in [1.165, 1.54) is 4.31 Å². The summed E-state index contributed by atoms with van der Waals surface area (Å²) in [6.07, 6.45) is 2.14. The summed E-state index contributed by atoms with van der Waals surface area (Å²) in [5.74, 6) is 0. The number of pyridine rings is 1. The Morgan fingerprint density at radius 1 is 1.39 bits per heavy atom. The number of ether oxygens (including phenoxy) is 2. The lowest BCUT2D eigenvalue weighted by atomic mass is 10.1. The highest BCUT2D eigenvalue weighted by Crippen LogP contribution is 2.15. The van der Waals surface area contributed by atoms with Crippen molar-refractivity contribution < 1.29 is 17.9 Å². The van der Waals surface area contributed by atoms with Crippen LogP contribution in [-0.4, -0.2) is 56.2 Å². The van der Waals surface area contributed by atoms with Gasteiger partial charge < -0.3 is 9.47 Å². The van der Waals surface area contributed by atoms with Crippen LogP contribution in [0.2, 0.25) is 0 Å². The molecule has 2 rings (SSSR count). The fraction of sp³-hybridized carbons (Fsp3) is 0.667. The molecule has 0 saturated carbocycles. The Labute approximate surface area is 138 Å². The predicted octanol–water partition coefficient (Wildman–Crippen LogP) is 0.932. The maximum absolute atomic E-state index is 12.4. The molecular weight excluding hydrogens is 318 g/mol. The van der Waals surface area contributed by atoms with Gasteiger partial charge in [0.1, 0.15) is 0 Å². The first-order valence-electron chi connectivity index (χ1n) is 7.93. The lowest BCUT2D eigenvalue weighted by Crippen LogP contribution is -2.54. The minimum absolute atomic E-state index is 0.226. The van der Waals surface area contributed by atoms with Gasteiger partial charge in [-0.25, -0.2) is 0 Å². The van der Waals surface area contributed by atoms with Crippen molar-refractivity contribution in [2.24, 2.45) is 0 Å². The first-order valence-corrected chi connectivity index (χ1v) is 9.37. The third kappa shape index (κ3) is 5.22. The molecule has 7 nitrogen and oxygen atoms in total. The standard InChI is InChI=1S/C15H25N3O4S/c1-3-18(4-2)23(19,20)17-14-12-21-10-8-15(14)22-11-13-7-5-6-9-16-13/h5-7,9,14-15,17H,3-4,8,10-12H2,1-2H3. The Kier molecular flexibility index (Phi) is 6.91. The van der Waals surface area contributed by atoms with E-state index in [1.807, 2.05) is 32.0 Å². The first-order chi connectivity index (χ1) is 11.1. The van der Waals surface area contributed by atoms with E-state index in [0.717, 1.165) is 5.69 Å². The molecule has 0 aromatic carbocycles. The van der Waals surface area contributed by atoms with Gasteiger partial charge in [0.25, 0.3) is 10.2 Å². The Bertz CT molecular complexity index is 563. The van der Waals surface area contributed by atoms with Crippen LogP contribution in [0.5, 0.6) is 0 Å². The third-order valence-electron chi connectivity index (χ3n) is 3.81. The smallest absolute Gasteiger partial charge is 0.279 e. The van der Waals surface area contributed by atoms with Crippen LogP contribution in [0.15, 0.2) is 24.4 Å². The van der Waals surface area contributed by atoms with Gasteiger partial charge in [-0.2, -0.15) is 17.4 Å². The van der Waals surface area contributed by atoms with E-state index in [9.17, 15) is 8.42 Å².